The van der Waals surface area contributed by atoms with Crippen molar-refractivity contribution in [3.63, 3.8) is 0 Å². The molecule has 1 fully saturated rings. The average Bonchev–Trinajstić information content (AvgIpc) is 3.47. The van der Waals surface area contributed by atoms with Crippen LogP contribution < -0.4 is 4.72 Å². The monoisotopic (exact) mass is 488 g/mol. The van der Waals surface area contributed by atoms with Crippen molar-refractivity contribution in [2.75, 3.05) is 4.72 Å². The van der Waals surface area contributed by atoms with Crippen molar-refractivity contribution in [3.8, 4) is 20.9 Å². The maximum absolute atomic E-state index is 12.6. The van der Waals surface area contributed by atoms with Gasteiger partial charge in [0.2, 0.25) is 0 Å². The Bertz CT molecular complexity index is 1510. The number of nitrogens with one attached hydrogen (secondary N) is 1. The summed E-state index contributed by atoms with van der Waals surface area (Å²) in [6.45, 7) is 0.688. The maximum atomic E-state index is 12.6. The Balaban J connectivity index is 1.25. The van der Waals surface area contributed by atoms with Gasteiger partial charge in [0, 0.05) is 45.9 Å². The molecule has 9 heteroatoms. The molecule has 0 bridgehead atoms. The number of nitrogens with zero attached hydrogens (tertiary/aromatic N) is 3. The number of hydrogen-bond donors (Lipinski definition) is 1. The van der Waals surface area contributed by atoms with E-state index in [1.807, 2.05) is 29.2 Å². The highest BCUT2D eigenvalue weighted by molar-refractivity contribution is 7.92. The lowest BCUT2D eigenvalue weighted by molar-refractivity contribution is 0.0766. The van der Waals surface area contributed by atoms with Gasteiger partial charge in [0.1, 0.15) is 0 Å². The van der Waals surface area contributed by atoms with Gasteiger partial charge in [0.25, 0.3) is 15.9 Å². The molecule has 1 amide bonds. The quantitative estimate of drug-likeness (QED) is 0.421. The van der Waals surface area contributed by atoms with E-state index in [1.54, 1.807) is 35.7 Å². The first-order valence-electron chi connectivity index (χ1n) is 10.9. The van der Waals surface area contributed by atoms with Crippen LogP contribution in [0.5, 0.6) is 0 Å². The number of pyridine rings is 2. The number of hydrogen-bond acceptors (Lipinski definition) is 6. The molecule has 0 spiro atoms. The second-order valence-corrected chi connectivity index (χ2v) is 11.1. The molecule has 3 aromatic heterocycles. The first kappa shape index (κ1) is 21.0. The normalized spacial score (nSPS) is 15.4. The number of anilines is 1. The molecule has 4 heterocycles. The molecule has 34 heavy (non-hydrogen) atoms. The molecule has 1 saturated carbocycles. The van der Waals surface area contributed by atoms with E-state index in [4.69, 9.17) is 0 Å². The molecule has 0 radical (unpaired) electrons. The Morgan fingerprint density at radius 3 is 2.56 bits per heavy atom. The molecule has 1 aromatic carbocycles. The van der Waals surface area contributed by atoms with Crippen LogP contribution >= 0.6 is 11.3 Å². The summed E-state index contributed by atoms with van der Waals surface area (Å²) in [5.41, 5.74) is 4.14. The van der Waals surface area contributed by atoms with E-state index in [9.17, 15) is 13.2 Å². The van der Waals surface area contributed by atoms with Crippen molar-refractivity contribution in [2.24, 2.45) is 0 Å². The van der Waals surface area contributed by atoms with E-state index in [0.717, 1.165) is 44.8 Å². The van der Waals surface area contributed by atoms with Gasteiger partial charge in [-0.3, -0.25) is 14.5 Å². The summed E-state index contributed by atoms with van der Waals surface area (Å²) in [6, 6.07) is 17.0. The summed E-state index contributed by atoms with van der Waals surface area (Å²) in [7, 11) is -3.80. The molecule has 2 aliphatic rings. The Labute approximate surface area is 201 Å². The average molecular weight is 489 g/mol. The van der Waals surface area contributed by atoms with Crippen LogP contribution in [-0.2, 0) is 16.6 Å². The number of fused-ring (bicyclic) bond motifs is 1. The number of aromatic nitrogens is 2. The van der Waals surface area contributed by atoms with Crippen LogP contribution in [0.15, 0.2) is 78.2 Å². The van der Waals surface area contributed by atoms with Crippen molar-refractivity contribution in [3.05, 3.63) is 84.3 Å². The van der Waals surface area contributed by atoms with E-state index >= 15 is 0 Å². The lowest BCUT2D eigenvalue weighted by atomic mass is 10.1. The fourth-order valence-corrected chi connectivity index (χ4v) is 6.14. The van der Waals surface area contributed by atoms with Crippen LogP contribution in [0.25, 0.3) is 20.9 Å². The molecule has 1 N–H and O–H groups in total. The first-order chi connectivity index (χ1) is 16.5. The van der Waals surface area contributed by atoms with Crippen molar-refractivity contribution < 1.29 is 13.2 Å². The molecule has 1 aliphatic heterocycles. The van der Waals surface area contributed by atoms with E-state index in [1.165, 1.54) is 18.5 Å². The van der Waals surface area contributed by atoms with Crippen LogP contribution in [-0.4, -0.2) is 35.2 Å². The molecule has 6 rings (SSSR count). The third-order valence-corrected chi connectivity index (χ3v) is 8.48. The highest BCUT2D eigenvalue weighted by atomic mass is 32.2. The highest BCUT2D eigenvalue weighted by Crippen LogP contribution is 2.39. The van der Waals surface area contributed by atoms with E-state index in [2.05, 4.69) is 20.8 Å². The molecule has 0 saturated heterocycles. The minimum Gasteiger partial charge on any atom is -0.331 e. The molecule has 4 aromatic rings. The second kappa shape index (κ2) is 8.03. The number of thiophene rings is 1. The number of rotatable bonds is 6. The van der Waals surface area contributed by atoms with Crippen LogP contribution in [0.4, 0.5) is 5.69 Å². The molecule has 0 unspecified atom stereocenters. The number of carbonyl (C=O) groups is 1. The lowest BCUT2D eigenvalue weighted by Crippen LogP contribution is -2.25. The van der Waals surface area contributed by atoms with E-state index in [0.29, 0.717) is 18.3 Å². The summed E-state index contributed by atoms with van der Waals surface area (Å²) in [5, 5.41) is -0.0471. The Hall–Kier alpha value is -3.56. The topological polar surface area (TPSA) is 92.3 Å². The van der Waals surface area contributed by atoms with Crippen molar-refractivity contribution >= 4 is 33.0 Å². The minimum absolute atomic E-state index is 0.0471. The van der Waals surface area contributed by atoms with Gasteiger partial charge in [0.15, 0.2) is 5.03 Å². The molecule has 7 nitrogen and oxygen atoms in total. The Kier molecular flexibility index (Phi) is 4.96. The highest BCUT2D eigenvalue weighted by Gasteiger charge is 2.38. The Morgan fingerprint density at radius 2 is 1.79 bits per heavy atom. The van der Waals surface area contributed by atoms with Gasteiger partial charge < -0.3 is 4.90 Å². The van der Waals surface area contributed by atoms with Gasteiger partial charge in [-0.15, -0.1) is 11.3 Å². The minimum atomic E-state index is -3.80. The third kappa shape index (κ3) is 3.86. The van der Waals surface area contributed by atoms with Crippen molar-refractivity contribution in [1.82, 2.24) is 14.9 Å². The zero-order chi connectivity index (χ0) is 23.3. The number of carbonyl (C=O) groups excluding carboxylic acids is 1. The van der Waals surface area contributed by atoms with Crippen molar-refractivity contribution in [2.45, 2.75) is 30.5 Å². The zero-order valence-electron chi connectivity index (χ0n) is 18.0. The standard InChI is InChI=1S/C25H20N4O3S2/c30-25-21-7-4-16(11-18(21)15-29(25)20-5-6-20)22-8-9-23(33-22)17-12-19(14-26-13-17)28-34(31,32)24-3-1-2-10-27-24/h1-4,7-14,20,28H,5-6,15H2. The fourth-order valence-electron chi connectivity index (χ4n) is 4.17. The predicted octanol–water partition coefficient (Wildman–Crippen LogP) is 4.79. The lowest BCUT2D eigenvalue weighted by Gasteiger charge is -2.13. The third-order valence-electron chi connectivity index (χ3n) is 6.00. The molecular weight excluding hydrogens is 468 g/mol. The number of amides is 1. The molecule has 1 aliphatic carbocycles. The van der Waals surface area contributed by atoms with Crippen LogP contribution in [0, 0.1) is 0 Å². The summed E-state index contributed by atoms with van der Waals surface area (Å²) >= 11 is 1.60. The van der Waals surface area contributed by atoms with Gasteiger partial charge in [-0.05, 0) is 66.4 Å². The van der Waals surface area contributed by atoms with E-state index < -0.39 is 10.0 Å². The van der Waals surface area contributed by atoms with Gasteiger partial charge >= 0.3 is 0 Å². The summed E-state index contributed by atoms with van der Waals surface area (Å²) in [4.78, 5) is 24.8. The van der Waals surface area contributed by atoms with Gasteiger partial charge in [-0.2, -0.15) is 8.42 Å². The molecule has 170 valence electrons. The van der Waals surface area contributed by atoms with Gasteiger partial charge in [-0.1, -0.05) is 12.1 Å². The fraction of sp³-hybridized carbons (Fsp3) is 0.160. The first-order valence-corrected chi connectivity index (χ1v) is 13.2. The molecule has 0 atom stereocenters. The smallest absolute Gasteiger partial charge is 0.279 e. The van der Waals surface area contributed by atoms with E-state index in [-0.39, 0.29) is 10.9 Å². The number of benzene rings is 1. The maximum Gasteiger partial charge on any atom is 0.279 e. The van der Waals surface area contributed by atoms with Gasteiger partial charge in [-0.25, -0.2) is 4.98 Å². The van der Waals surface area contributed by atoms with Crippen LogP contribution in [0.1, 0.15) is 28.8 Å². The summed E-state index contributed by atoms with van der Waals surface area (Å²) in [6.07, 6.45) is 6.83. The second-order valence-electron chi connectivity index (χ2n) is 8.44. The Morgan fingerprint density at radius 1 is 0.971 bits per heavy atom. The SMILES string of the molecule is O=C1c2ccc(-c3ccc(-c4cncc(NS(=O)(=O)c5ccccn5)c4)s3)cc2CN1C1CC1. The van der Waals surface area contributed by atoms with Crippen LogP contribution in [0.2, 0.25) is 0 Å². The van der Waals surface area contributed by atoms with Crippen molar-refractivity contribution in [1.29, 1.82) is 0 Å². The van der Waals surface area contributed by atoms with Crippen LogP contribution in [0.3, 0.4) is 0 Å². The summed E-state index contributed by atoms with van der Waals surface area (Å²) < 4.78 is 27.7. The molecular formula is C25H20N4O3S2. The predicted molar refractivity (Wildman–Crippen MR) is 131 cm³/mol. The largest absolute Gasteiger partial charge is 0.331 e. The number of sulfonamides is 1. The zero-order valence-corrected chi connectivity index (χ0v) is 19.6. The summed E-state index contributed by atoms with van der Waals surface area (Å²) in [5.74, 6) is 0.145. The van der Waals surface area contributed by atoms with Gasteiger partial charge in [0.05, 0.1) is 11.9 Å².